The molecule has 0 spiro atoms. The van der Waals surface area contributed by atoms with Crippen molar-refractivity contribution in [2.24, 2.45) is 5.92 Å². The van der Waals surface area contributed by atoms with Crippen molar-refractivity contribution < 1.29 is 9.47 Å². The molecular weight excluding hydrogens is 264 g/mol. The largest absolute Gasteiger partial charge is 0.378 e. The van der Waals surface area contributed by atoms with E-state index in [9.17, 15) is 0 Å². The van der Waals surface area contributed by atoms with Gasteiger partial charge in [-0.15, -0.1) is 0 Å². The summed E-state index contributed by atoms with van der Waals surface area (Å²) < 4.78 is 12.1. The Morgan fingerprint density at radius 2 is 1.76 bits per heavy atom. The second-order valence-electron chi connectivity index (χ2n) is 8.26. The minimum absolute atomic E-state index is 0.106. The normalized spacial score (nSPS) is 35.0. The van der Waals surface area contributed by atoms with Crippen LogP contribution in [0.1, 0.15) is 48.5 Å². The van der Waals surface area contributed by atoms with Gasteiger partial charge in [0.1, 0.15) is 0 Å². The molecule has 2 atom stereocenters. The van der Waals surface area contributed by atoms with Crippen molar-refractivity contribution >= 4 is 0 Å². The molecule has 0 aromatic carbocycles. The van der Waals surface area contributed by atoms with Gasteiger partial charge in [-0.2, -0.15) is 0 Å². The van der Waals surface area contributed by atoms with Gasteiger partial charge in [0, 0.05) is 30.6 Å². The molecule has 2 heterocycles. The highest BCUT2D eigenvalue weighted by Gasteiger charge is 2.54. The van der Waals surface area contributed by atoms with Crippen molar-refractivity contribution in [1.29, 1.82) is 0 Å². The summed E-state index contributed by atoms with van der Waals surface area (Å²) in [5.41, 5.74) is -0.122. The van der Waals surface area contributed by atoms with E-state index < -0.39 is 0 Å². The highest BCUT2D eigenvalue weighted by Crippen LogP contribution is 2.43. The fraction of sp³-hybridized carbons (Fsp3) is 1.00. The molecule has 2 aliphatic rings. The lowest BCUT2D eigenvalue weighted by atomic mass is 9.81. The average molecular weight is 298 g/mol. The maximum atomic E-state index is 6.40. The molecular formula is C17H34N2O2. The van der Waals surface area contributed by atoms with Crippen LogP contribution in [0.4, 0.5) is 0 Å². The lowest BCUT2D eigenvalue weighted by molar-refractivity contribution is -0.0919. The molecule has 0 bridgehead atoms. The predicted molar refractivity (Wildman–Crippen MR) is 86.7 cm³/mol. The van der Waals surface area contributed by atoms with E-state index in [0.717, 1.165) is 32.8 Å². The first-order valence-electron chi connectivity index (χ1n) is 8.36. The molecule has 4 nitrogen and oxygen atoms in total. The quantitative estimate of drug-likeness (QED) is 0.863. The second kappa shape index (κ2) is 5.80. The molecule has 2 unspecified atom stereocenters. The van der Waals surface area contributed by atoms with Crippen LogP contribution in [0.3, 0.4) is 0 Å². The molecule has 0 aromatic rings. The van der Waals surface area contributed by atoms with Gasteiger partial charge in [0.15, 0.2) is 0 Å². The van der Waals surface area contributed by atoms with E-state index in [4.69, 9.17) is 9.47 Å². The smallest absolute Gasteiger partial charge is 0.0790 e. The Morgan fingerprint density at radius 1 is 1.10 bits per heavy atom. The van der Waals surface area contributed by atoms with Gasteiger partial charge >= 0.3 is 0 Å². The Hall–Kier alpha value is -0.160. The Balaban J connectivity index is 2.18. The number of ether oxygens (including phenoxy) is 2. The maximum Gasteiger partial charge on any atom is 0.0790 e. The van der Waals surface area contributed by atoms with Gasteiger partial charge in [-0.1, -0.05) is 6.92 Å². The molecule has 0 aliphatic carbocycles. The summed E-state index contributed by atoms with van der Waals surface area (Å²) in [7, 11) is 0. The highest BCUT2D eigenvalue weighted by molar-refractivity contribution is 5.07. The minimum Gasteiger partial charge on any atom is -0.378 e. The highest BCUT2D eigenvalue weighted by atomic mass is 16.5. The van der Waals surface area contributed by atoms with Gasteiger partial charge in [0.25, 0.3) is 0 Å². The van der Waals surface area contributed by atoms with Gasteiger partial charge < -0.3 is 14.8 Å². The average Bonchev–Trinajstić information content (AvgIpc) is 2.49. The molecule has 2 saturated heterocycles. The van der Waals surface area contributed by atoms with E-state index in [-0.39, 0.29) is 16.7 Å². The molecule has 0 aromatic heterocycles. The first-order valence-corrected chi connectivity index (χ1v) is 8.36. The number of morpholine rings is 1. The summed E-state index contributed by atoms with van der Waals surface area (Å²) in [4.78, 5) is 2.58. The first-order chi connectivity index (χ1) is 9.60. The van der Waals surface area contributed by atoms with E-state index in [1.165, 1.54) is 0 Å². The number of nitrogens with zero attached hydrogens (tertiary/aromatic N) is 1. The van der Waals surface area contributed by atoms with E-state index in [1.807, 2.05) is 0 Å². The van der Waals surface area contributed by atoms with Crippen molar-refractivity contribution in [2.75, 3.05) is 32.8 Å². The molecule has 4 heteroatoms. The fourth-order valence-electron chi connectivity index (χ4n) is 4.10. The number of hydrogen-bond acceptors (Lipinski definition) is 4. The molecule has 2 rings (SSSR count). The van der Waals surface area contributed by atoms with Gasteiger partial charge in [0.2, 0.25) is 0 Å². The summed E-state index contributed by atoms with van der Waals surface area (Å²) in [6.45, 7) is 20.4. The molecule has 0 saturated carbocycles. The van der Waals surface area contributed by atoms with Crippen molar-refractivity contribution in [3.05, 3.63) is 0 Å². The summed E-state index contributed by atoms with van der Waals surface area (Å²) in [6.07, 6.45) is 0. The van der Waals surface area contributed by atoms with E-state index in [1.54, 1.807) is 0 Å². The van der Waals surface area contributed by atoms with E-state index >= 15 is 0 Å². The maximum absolute atomic E-state index is 6.40. The zero-order chi connectivity index (χ0) is 15.9. The Labute approximate surface area is 130 Å². The van der Waals surface area contributed by atoms with Crippen LogP contribution in [0.25, 0.3) is 0 Å². The van der Waals surface area contributed by atoms with Crippen LogP contribution >= 0.6 is 0 Å². The SMILES string of the molecule is CCNC1C(CN2CCOCC2(C)C)C(C)(C)OC1(C)C. The van der Waals surface area contributed by atoms with Crippen LogP contribution in [0, 0.1) is 5.92 Å². The number of likely N-dealkylation sites (N-methyl/N-ethyl adjacent to an activating group) is 1. The predicted octanol–water partition coefficient (Wildman–Crippen LogP) is 2.28. The number of hydrogen-bond donors (Lipinski definition) is 1. The van der Waals surface area contributed by atoms with Crippen LogP contribution in [0.15, 0.2) is 0 Å². The lowest BCUT2D eigenvalue weighted by Crippen LogP contribution is -2.58. The summed E-state index contributed by atoms with van der Waals surface area (Å²) in [5.74, 6) is 0.477. The topological polar surface area (TPSA) is 33.7 Å². The monoisotopic (exact) mass is 298 g/mol. The molecule has 1 N–H and O–H groups in total. The first kappa shape index (κ1) is 17.2. The summed E-state index contributed by atoms with van der Waals surface area (Å²) in [5, 5.41) is 3.67. The molecule has 2 fully saturated rings. The Bertz CT molecular complexity index is 366. The molecule has 21 heavy (non-hydrogen) atoms. The third-order valence-electron chi connectivity index (χ3n) is 5.23. The van der Waals surface area contributed by atoms with Gasteiger partial charge in [-0.05, 0) is 48.1 Å². The van der Waals surface area contributed by atoms with Gasteiger partial charge in [-0.25, -0.2) is 0 Å². The van der Waals surface area contributed by atoms with Crippen LogP contribution < -0.4 is 5.32 Å². The lowest BCUT2D eigenvalue weighted by Gasteiger charge is -2.45. The summed E-state index contributed by atoms with van der Waals surface area (Å²) in [6, 6.07) is 0.385. The van der Waals surface area contributed by atoms with Crippen LogP contribution in [-0.4, -0.2) is 60.5 Å². The van der Waals surface area contributed by atoms with Crippen molar-refractivity contribution in [3.8, 4) is 0 Å². The minimum atomic E-state index is -0.124. The molecule has 124 valence electrons. The number of rotatable bonds is 4. The Kier molecular flexibility index (Phi) is 4.75. The van der Waals surface area contributed by atoms with Gasteiger partial charge in [-0.3, -0.25) is 4.90 Å². The standard InChI is InChI=1S/C17H34N2O2/c1-8-18-14-13(16(4,5)21-17(14,6)7)11-19-9-10-20-12-15(19,2)3/h13-14,18H,8-12H2,1-7H3. The van der Waals surface area contributed by atoms with Crippen molar-refractivity contribution in [2.45, 2.75) is 71.2 Å². The van der Waals surface area contributed by atoms with Gasteiger partial charge in [0.05, 0.1) is 24.4 Å². The van der Waals surface area contributed by atoms with Crippen LogP contribution in [0.2, 0.25) is 0 Å². The summed E-state index contributed by atoms with van der Waals surface area (Å²) >= 11 is 0. The van der Waals surface area contributed by atoms with Crippen LogP contribution in [0.5, 0.6) is 0 Å². The Morgan fingerprint density at radius 3 is 2.33 bits per heavy atom. The van der Waals surface area contributed by atoms with E-state index in [0.29, 0.717) is 12.0 Å². The second-order valence-corrected chi connectivity index (χ2v) is 8.26. The number of nitrogens with one attached hydrogen (secondary N) is 1. The molecule has 0 amide bonds. The zero-order valence-corrected chi connectivity index (χ0v) is 15.0. The fourth-order valence-corrected chi connectivity index (χ4v) is 4.10. The van der Waals surface area contributed by atoms with Crippen LogP contribution in [-0.2, 0) is 9.47 Å². The van der Waals surface area contributed by atoms with Crippen molar-refractivity contribution in [1.82, 2.24) is 10.2 Å². The molecule has 0 radical (unpaired) electrons. The molecule has 2 aliphatic heterocycles. The van der Waals surface area contributed by atoms with Crippen molar-refractivity contribution in [3.63, 3.8) is 0 Å². The third-order valence-corrected chi connectivity index (χ3v) is 5.23. The third kappa shape index (κ3) is 3.44. The zero-order valence-electron chi connectivity index (χ0n) is 15.0. The van der Waals surface area contributed by atoms with E-state index in [2.05, 4.69) is 58.7 Å².